The fourth-order valence-corrected chi connectivity index (χ4v) is 2.10. The monoisotopic (exact) mass is 303 g/mol. The van der Waals surface area contributed by atoms with E-state index in [9.17, 15) is 4.79 Å². The van der Waals surface area contributed by atoms with Crippen LogP contribution in [0.25, 0.3) is 11.3 Å². The highest BCUT2D eigenvalue weighted by Crippen LogP contribution is 2.25. The molecule has 0 saturated carbocycles. The molecule has 1 N–H and O–H groups in total. The topological polar surface area (TPSA) is 88.0 Å². The van der Waals surface area contributed by atoms with E-state index in [-0.39, 0.29) is 12.4 Å². The number of aromatic nitrogens is 2. The molecule has 0 aliphatic carbocycles. The van der Waals surface area contributed by atoms with Crippen molar-refractivity contribution in [1.82, 2.24) is 9.97 Å². The van der Waals surface area contributed by atoms with Crippen LogP contribution in [-0.4, -0.2) is 30.1 Å². The molecule has 21 heavy (non-hydrogen) atoms. The van der Waals surface area contributed by atoms with Crippen molar-refractivity contribution in [3.63, 3.8) is 0 Å². The number of nitrogens with zero attached hydrogens (tertiary/aromatic N) is 2. The van der Waals surface area contributed by atoms with Gasteiger partial charge in [0.2, 0.25) is 0 Å². The summed E-state index contributed by atoms with van der Waals surface area (Å²) in [5.41, 5.74) is 0.516. The lowest BCUT2D eigenvalue weighted by Gasteiger charge is -2.08. The molecule has 0 aliphatic heterocycles. The van der Waals surface area contributed by atoms with Crippen molar-refractivity contribution in [1.29, 1.82) is 5.26 Å². The Hall–Kier alpha value is -2.30. The number of methoxy groups -OCH3 is 1. The molecule has 6 nitrogen and oxygen atoms in total. The fraction of sp³-hybridized carbons (Fsp3) is 0.214. The third-order valence-electron chi connectivity index (χ3n) is 2.65. The Balaban J connectivity index is 2.53. The van der Waals surface area contributed by atoms with E-state index in [0.29, 0.717) is 22.2 Å². The standard InChI is InChI=1S/C14H13N3O3S/c1-19-8-20-10-5-3-4-9(6-10)12-11(7-15)13(18)17-14(16-12)21-2/h3-6H,8H2,1-2H3,(H,16,17,18). The van der Waals surface area contributed by atoms with Gasteiger partial charge in [-0.05, 0) is 18.4 Å². The van der Waals surface area contributed by atoms with Gasteiger partial charge in [0.25, 0.3) is 5.56 Å². The first-order valence-corrected chi connectivity index (χ1v) is 7.22. The van der Waals surface area contributed by atoms with Crippen molar-refractivity contribution in [2.24, 2.45) is 0 Å². The van der Waals surface area contributed by atoms with Gasteiger partial charge < -0.3 is 14.5 Å². The summed E-state index contributed by atoms with van der Waals surface area (Å²) in [6.45, 7) is 0.118. The van der Waals surface area contributed by atoms with Crippen LogP contribution >= 0.6 is 11.8 Å². The van der Waals surface area contributed by atoms with Gasteiger partial charge in [0, 0.05) is 12.7 Å². The summed E-state index contributed by atoms with van der Waals surface area (Å²) in [4.78, 5) is 18.8. The van der Waals surface area contributed by atoms with E-state index in [2.05, 4.69) is 9.97 Å². The van der Waals surface area contributed by atoms with E-state index in [1.54, 1.807) is 30.5 Å². The maximum absolute atomic E-state index is 11.9. The number of benzene rings is 1. The number of nitrogens with one attached hydrogen (secondary N) is 1. The SMILES string of the molecule is COCOc1cccc(-c2nc(SC)[nH]c(=O)c2C#N)c1. The Bertz CT molecular complexity index is 737. The molecule has 7 heteroatoms. The molecule has 0 spiro atoms. The number of ether oxygens (including phenoxy) is 2. The molecule has 1 aromatic heterocycles. The van der Waals surface area contributed by atoms with E-state index in [1.165, 1.54) is 18.9 Å². The first-order valence-electron chi connectivity index (χ1n) is 6.00. The van der Waals surface area contributed by atoms with Crippen molar-refractivity contribution in [3.8, 4) is 23.1 Å². The van der Waals surface area contributed by atoms with Crippen LogP contribution in [0.2, 0.25) is 0 Å². The minimum absolute atomic E-state index is 0.0170. The summed E-state index contributed by atoms with van der Waals surface area (Å²) >= 11 is 1.30. The zero-order valence-corrected chi connectivity index (χ0v) is 12.4. The minimum atomic E-state index is -0.449. The normalized spacial score (nSPS) is 10.1. The van der Waals surface area contributed by atoms with Crippen molar-refractivity contribution in [2.75, 3.05) is 20.2 Å². The quantitative estimate of drug-likeness (QED) is 0.516. The van der Waals surface area contributed by atoms with Crippen LogP contribution in [0.1, 0.15) is 5.56 Å². The van der Waals surface area contributed by atoms with Crippen molar-refractivity contribution >= 4 is 11.8 Å². The van der Waals surface area contributed by atoms with Crippen LogP contribution in [0.15, 0.2) is 34.2 Å². The molecule has 1 heterocycles. The Kier molecular flexibility index (Phi) is 4.98. The maximum atomic E-state index is 11.9. The number of thioether (sulfide) groups is 1. The van der Waals surface area contributed by atoms with Gasteiger partial charge in [-0.15, -0.1) is 0 Å². The molecule has 0 amide bonds. The summed E-state index contributed by atoms with van der Waals surface area (Å²) in [5, 5.41) is 9.62. The number of H-pyrrole nitrogens is 1. The lowest BCUT2D eigenvalue weighted by Crippen LogP contribution is -2.14. The van der Waals surface area contributed by atoms with Crippen molar-refractivity contribution < 1.29 is 9.47 Å². The second kappa shape index (κ2) is 6.92. The predicted molar refractivity (Wildman–Crippen MR) is 79.3 cm³/mol. The van der Waals surface area contributed by atoms with E-state index >= 15 is 0 Å². The van der Waals surface area contributed by atoms with Gasteiger partial charge in [0.15, 0.2) is 11.9 Å². The average Bonchev–Trinajstić information content (AvgIpc) is 2.52. The molecule has 0 unspecified atom stereocenters. The largest absolute Gasteiger partial charge is 0.468 e. The summed E-state index contributed by atoms with van der Waals surface area (Å²) in [7, 11) is 1.53. The summed E-state index contributed by atoms with van der Waals surface area (Å²) in [6, 6.07) is 8.91. The van der Waals surface area contributed by atoms with Crippen LogP contribution < -0.4 is 10.3 Å². The minimum Gasteiger partial charge on any atom is -0.468 e. The molecule has 0 aliphatic rings. The summed E-state index contributed by atoms with van der Waals surface area (Å²) < 4.78 is 10.2. The van der Waals surface area contributed by atoms with Gasteiger partial charge in [0.05, 0.1) is 5.69 Å². The van der Waals surface area contributed by atoms with Crippen LogP contribution in [0.4, 0.5) is 0 Å². The lowest BCUT2D eigenvalue weighted by atomic mass is 10.1. The zero-order valence-electron chi connectivity index (χ0n) is 11.5. The first kappa shape index (κ1) is 15.1. The smallest absolute Gasteiger partial charge is 0.270 e. The van der Waals surface area contributed by atoms with Crippen LogP contribution in [0.5, 0.6) is 5.75 Å². The van der Waals surface area contributed by atoms with Crippen LogP contribution in [0.3, 0.4) is 0 Å². The fourth-order valence-electron chi connectivity index (χ4n) is 1.72. The first-order chi connectivity index (χ1) is 10.2. The highest BCUT2D eigenvalue weighted by molar-refractivity contribution is 7.98. The molecule has 0 atom stereocenters. The molecule has 2 rings (SSSR count). The second-order valence-electron chi connectivity index (χ2n) is 3.99. The second-order valence-corrected chi connectivity index (χ2v) is 4.78. The highest BCUT2D eigenvalue weighted by atomic mass is 32.2. The number of hydrogen-bond acceptors (Lipinski definition) is 6. The number of aromatic amines is 1. The maximum Gasteiger partial charge on any atom is 0.270 e. The highest BCUT2D eigenvalue weighted by Gasteiger charge is 2.13. The van der Waals surface area contributed by atoms with Gasteiger partial charge in [-0.25, -0.2) is 4.98 Å². The van der Waals surface area contributed by atoms with Gasteiger partial charge in [-0.3, -0.25) is 4.79 Å². The van der Waals surface area contributed by atoms with Gasteiger partial charge in [-0.2, -0.15) is 5.26 Å². The van der Waals surface area contributed by atoms with Crippen molar-refractivity contribution in [2.45, 2.75) is 5.16 Å². The predicted octanol–water partition coefficient (Wildman–Crippen LogP) is 2.01. The Morgan fingerprint density at radius 1 is 1.48 bits per heavy atom. The lowest BCUT2D eigenvalue weighted by molar-refractivity contribution is 0.0511. The summed E-state index contributed by atoms with van der Waals surface area (Å²) in [5.74, 6) is 0.575. The molecule has 0 saturated heterocycles. The van der Waals surface area contributed by atoms with Crippen molar-refractivity contribution in [3.05, 3.63) is 40.2 Å². The summed E-state index contributed by atoms with van der Waals surface area (Å²) in [6.07, 6.45) is 1.80. The molecular weight excluding hydrogens is 290 g/mol. The van der Waals surface area contributed by atoms with E-state index in [1.807, 2.05) is 6.07 Å². The number of hydrogen-bond donors (Lipinski definition) is 1. The average molecular weight is 303 g/mol. The Morgan fingerprint density at radius 2 is 2.29 bits per heavy atom. The van der Waals surface area contributed by atoms with Gasteiger partial charge in [0.1, 0.15) is 17.4 Å². The molecular formula is C14H13N3O3S. The van der Waals surface area contributed by atoms with E-state index in [0.717, 1.165) is 0 Å². The zero-order chi connectivity index (χ0) is 15.2. The third kappa shape index (κ3) is 3.42. The molecule has 2 aromatic rings. The third-order valence-corrected chi connectivity index (χ3v) is 3.23. The Labute approximate surface area is 125 Å². The Morgan fingerprint density at radius 3 is 2.95 bits per heavy atom. The molecule has 0 fully saturated rings. The molecule has 0 radical (unpaired) electrons. The van der Waals surface area contributed by atoms with Gasteiger partial charge >= 0.3 is 0 Å². The molecule has 108 valence electrons. The molecule has 0 bridgehead atoms. The number of rotatable bonds is 5. The van der Waals surface area contributed by atoms with E-state index < -0.39 is 5.56 Å². The van der Waals surface area contributed by atoms with Crippen LogP contribution in [-0.2, 0) is 4.74 Å². The molecule has 1 aromatic carbocycles. The van der Waals surface area contributed by atoms with Crippen LogP contribution in [0, 0.1) is 11.3 Å². The van der Waals surface area contributed by atoms with Gasteiger partial charge in [-0.1, -0.05) is 23.9 Å². The van der Waals surface area contributed by atoms with E-state index in [4.69, 9.17) is 14.7 Å². The number of nitriles is 1.